The second kappa shape index (κ2) is 6.51. The van der Waals surface area contributed by atoms with Crippen LogP contribution in [-0.2, 0) is 4.79 Å². The van der Waals surface area contributed by atoms with E-state index in [1.807, 2.05) is 26.0 Å². The summed E-state index contributed by atoms with van der Waals surface area (Å²) >= 11 is 5.49. The number of primary amides is 1. The van der Waals surface area contributed by atoms with Gasteiger partial charge in [0.05, 0.1) is 12.1 Å². The third-order valence-corrected chi connectivity index (χ3v) is 3.73. The standard InChI is InChI=1S/C12H14BrIN2O2/c1-7(2)16(6-11(15)17)12(18)9-5-8(14)3-4-10(9)13/h3-5,7H,6H2,1-2H3,(H2,15,17). The molecule has 0 saturated heterocycles. The lowest BCUT2D eigenvalue weighted by Gasteiger charge is -2.25. The molecule has 1 aromatic rings. The fourth-order valence-electron chi connectivity index (χ4n) is 1.47. The Morgan fingerprint density at radius 1 is 1.44 bits per heavy atom. The molecular weight excluding hydrogens is 411 g/mol. The lowest BCUT2D eigenvalue weighted by atomic mass is 10.1. The van der Waals surface area contributed by atoms with Gasteiger partial charge in [-0.05, 0) is 70.6 Å². The van der Waals surface area contributed by atoms with Gasteiger partial charge in [0.15, 0.2) is 0 Å². The number of rotatable bonds is 4. The lowest BCUT2D eigenvalue weighted by molar-refractivity contribution is -0.119. The van der Waals surface area contributed by atoms with E-state index in [-0.39, 0.29) is 18.5 Å². The minimum Gasteiger partial charge on any atom is -0.368 e. The largest absolute Gasteiger partial charge is 0.368 e. The fraction of sp³-hybridized carbons (Fsp3) is 0.333. The maximum absolute atomic E-state index is 12.4. The average molecular weight is 425 g/mol. The molecule has 1 rings (SSSR count). The molecule has 0 spiro atoms. The molecule has 6 heteroatoms. The van der Waals surface area contributed by atoms with Gasteiger partial charge < -0.3 is 10.6 Å². The Morgan fingerprint density at radius 2 is 2.06 bits per heavy atom. The highest BCUT2D eigenvalue weighted by molar-refractivity contribution is 14.1. The summed E-state index contributed by atoms with van der Waals surface area (Å²) in [5, 5.41) is 0. The number of amides is 2. The fourth-order valence-corrected chi connectivity index (χ4v) is 2.38. The molecule has 0 aliphatic rings. The Labute approximate surface area is 128 Å². The van der Waals surface area contributed by atoms with Crippen molar-refractivity contribution < 1.29 is 9.59 Å². The van der Waals surface area contributed by atoms with Crippen molar-refractivity contribution in [2.75, 3.05) is 6.54 Å². The Kier molecular flexibility index (Phi) is 5.58. The number of benzene rings is 1. The van der Waals surface area contributed by atoms with Crippen LogP contribution in [0.4, 0.5) is 0 Å². The summed E-state index contributed by atoms with van der Waals surface area (Å²) in [5.74, 6) is -0.715. The van der Waals surface area contributed by atoms with Crippen LogP contribution in [0.1, 0.15) is 24.2 Å². The van der Waals surface area contributed by atoms with Gasteiger partial charge in [-0.1, -0.05) is 0 Å². The van der Waals surface area contributed by atoms with Crippen LogP contribution >= 0.6 is 38.5 Å². The van der Waals surface area contributed by atoms with Crippen LogP contribution in [0.2, 0.25) is 0 Å². The minimum atomic E-state index is -0.515. The van der Waals surface area contributed by atoms with E-state index < -0.39 is 5.91 Å². The molecule has 18 heavy (non-hydrogen) atoms. The highest BCUT2D eigenvalue weighted by Crippen LogP contribution is 2.21. The van der Waals surface area contributed by atoms with Gasteiger partial charge in [0, 0.05) is 14.1 Å². The van der Waals surface area contributed by atoms with Crippen molar-refractivity contribution in [3.63, 3.8) is 0 Å². The van der Waals surface area contributed by atoms with Crippen molar-refractivity contribution in [3.05, 3.63) is 31.8 Å². The van der Waals surface area contributed by atoms with Gasteiger partial charge in [0.1, 0.15) is 0 Å². The molecule has 0 bridgehead atoms. The van der Waals surface area contributed by atoms with Crippen molar-refractivity contribution in [1.29, 1.82) is 0 Å². The number of hydrogen-bond donors (Lipinski definition) is 1. The predicted octanol–water partition coefficient (Wildman–Crippen LogP) is 2.39. The second-order valence-electron chi connectivity index (χ2n) is 4.12. The number of carbonyl (C=O) groups is 2. The van der Waals surface area contributed by atoms with E-state index in [1.165, 1.54) is 4.90 Å². The first kappa shape index (κ1) is 15.4. The van der Waals surface area contributed by atoms with Gasteiger partial charge in [0.25, 0.3) is 5.91 Å². The molecule has 1 aromatic carbocycles. The summed E-state index contributed by atoms with van der Waals surface area (Å²) in [7, 11) is 0. The Hall–Kier alpha value is -0.630. The van der Waals surface area contributed by atoms with Gasteiger partial charge in [-0.25, -0.2) is 0 Å². The Morgan fingerprint density at radius 3 is 2.56 bits per heavy atom. The van der Waals surface area contributed by atoms with Gasteiger partial charge in [-0.2, -0.15) is 0 Å². The lowest BCUT2D eigenvalue weighted by Crippen LogP contribution is -2.42. The average Bonchev–Trinajstić information content (AvgIpc) is 2.27. The minimum absolute atomic E-state index is 0.0750. The summed E-state index contributed by atoms with van der Waals surface area (Å²) in [4.78, 5) is 24.9. The van der Waals surface area contributed by atoms with Crippen molar-refractivity contribution >= 4 is 50.3 Å². The van der Waals surface area contributed by atoms with Crippen molar-refractivity contribution in [1.82, 2.24) is 4.90 Å². The molecular formula is C12H14BrIN2O2. The first-order valence-electron chi connectivity index (χ1n) is 5.37. The third-order valence-electron chi connectivity index (χ3n) is 2.37. The summed E-state index contributed by atoms with van der Waals surface area (Å²) in [6.07, 6.45) is 0. The molecule has 0 fully saturated rings. The molecule has 0 saturated carbocycles. The Bertz CT molecular complexity index is 477. The van der Waals surface area contributed by atoms with E-state index in [0.29, 0.717) is 10.0 Å². The van der Waals surface area contributed by atoms with Gasteiger partial charge >= 0.3 is 0 Å². The van der Waals surface area contributed by atoms with Crippen LogP contribution in [0.25, 0.3) is 0 Å². The van der Waals surface area contributed by atoms with Gasteiger partial charge in [0.2, 0.25) is 5.91 Å². The van der Waals surface area contributed by atoms with Gasteiger partial charge in [-0.3, -0.25) is 9.59 Å². The molecule has 0 unspecified atom stereocenters. The van der Waals surface area contributed by atoms with Crippen LogP contribution in [-0.4, -0.2) is 29.3 Å². The summed E-state index contributed by atoms with van der Waals surface area (Å²) in [6, 6.07) is 5.41. The van der Waals surface area contributed by atoms with Crippen LogP contribution < -0.4 is 5.73 Å². The molecule has 0 radical (unpaired) electrons. The summed E-state index contributed by atoms with van der Waals surface area (Å²) in [5.41, 5.74) is 5.71. The first-order valence-corrected chi connectivity index (χ1v) is 7.24. The molecule has 2 N–H and O–H groups in total. The highest BCUT2D eigenvalue weighted by atomic mass is 127. The zero-order valence-corrected chi connectivity index (χ0v) is 13.9. The second-order valence-corrected chi connectivity index (χ2v) is 6.22. The number of hydrogen-bond acceptors (Lipinski definition) is 2. The van der Waals surface area contributed by atoms with Crippen LogP contribution in [0.3, 0.4) is 0 Å². The number of carbonyl (C=O) groups excluding carboxylic acids is 2. The third kappa shape index (κ3) is 3.94. The molecule has 98 valence electrons. The van der Waals surface area contributed by atoms with E-state index in [4.69, 9.17) is 5.73 Å². The normalized spacial score (nSPS) is 10.5. The Balaban J connectivity index is 3.09. The quantitative estimate of drug-likeness (QED) is 0.754. The van der Waals surface area contributed by atoms with E-state index in [0.717, 1.165) is 3.57 Å². The molecule has 0 atom stereocenters. The monoisotopic (exact) mass is 424 g/mol. The van der Waals surface area contributed by atoms with E-state index in [1.54, 1.807) is 6.07 Å². The zero-order valence-electron chi connectivity index (χ0n) is 10.1. The van der Waals surface area contributed by atoms with Crippen molar-refractivity contribution in [2.45, 2.75) is 19.9 Å². The van der Waals surface area contributed by atoms with Crippen molar-refractivity contribution in [3.8, 4) is 0 Å². The van der Waals surface area contributed by atoms with Crippen molar-refractivity contribution in [2.24, 2.45) is 5.73 Å². The summed E-state index contributed by atoms with van der Waals surface area (Å²) < 4.78 is 1.67. The molecule has 4 nitrogen and oxygen atoms in total. The molecule has 0 aliphatic heterocycles. The highest BCUT2D eigenvalue weighted by Gasteiger charge is 2.22. The number of halogens is 2. The smallest absolute Gasteiger partial charge is 0.255 e. The SMILES string of the molecule is CC(C)N(CC(N)=O)C(=O)c1cc(I)ccc1Br. The molecule has 2 amide bonds. The predicted molar refractivity (Wildman–Crippen MR) is 82.2 cm³/mol. The van der Waals surface area contributed by atoms with Crippen LogP contribution in [0, 0.1) is 3.57 Å². The first-order chi connectivity index (χ1) is 8.32. The van der Waals surface area contributed by atoms with E-state index >= 15 is 0 Å². The number of nitrogens with zero attached hydrogens (tertiary/aromatic N) is 1. The maximum atomic E-state index is 12.4. The molecule has 0 aromatic heterocycles. The van der Waals surface area contributed by atoms with Crippen LogP contribution in [0.15, 0.2) is 22.7 Å². The number of nitrogens with two attached hydrogens (primary N) is 1. The summed E-state index contributed by atoms with van der Waals surface area (Å²) in [6.45, 7) is 3.62. The molecule has 0 aliphatic carbocycles. The topological polar surface area (TPSA) is 63.4 Å². The van der Waals surface area contributed by atoms with E-state index in [2.05, 4.69) is 38.5 Å². The van der Waals surface area contributed by atoms with Gasteiger partial charge in [-0.15, -0.1) is 0 Å². The maximum Gasteiger partial charge on any atom is 0.255 e. The van der Waals surface area contributed by atoms with E-state index in [9.17, 15) is 9.59 Å². The molecule has 0 heterocycles. The zero-order chi connectivity index (χ0) is 13.9. The van der Waals surface area contributed by atoms with Crippen LogP contribution in [0.5, 0.6) is 0 Å².